The minimum Gasteiger partial charge on any atom is -0.497 e. The van der Waals surface area contributed by atoms with Gasteiger partial charge in [-0.1, -0.05) is 67.4 Å². The lowest BCUT2D eigenvalue weighted by atomic mass is 10.1. The third-order valence-corrected chi connectivity index (χ3v) is 7.07. The summed E-state index contributed by atoms with van der Waals surface area (Å²) in [4.78, 5) is 30.8. The van der Waals surface area contributed by atoms with E-state index in [1.807, 2.05) is 71.8 Å². The van der Waals surface area contributed by atoms with Crippen LogP contribution in [-0.4, -0.2) is 46.4 Å². The molecule has 6 nitrogen and oxygen atoms in total. The Hall–Kier alpha value is -4.03. The summed E-state index contributed by atoms with van der Waals surface area (Å²) in [6.07, 6.45) is 3.76. The van der Waals surface area contributed by atoms with E-state index in [2.05, 4.69) is 17.6 Å². The zero-order valence-corrected chi connectivity index (χ0v) is 23.9. The van der Waals surface area contributed by atoms with Crippen molar-refractivity contribution >= 4 is 23.4 Å². The number of hydrogen-bond donors (Lipinski definition) is 0. The van der Waals surface area contributed by atoms with E-state index in [-0.39, 0.29) is 18.4 Å². The molecule has 0 unspecified atom stereocenters. The van der Waals surface area contributed by atoms with Crippen LogP contribution >= 0.6 is 11.6 Å². The van der Waals surface area contributed by atoms with Crippen molar-refractivity contribution in [2.24, 2.45) is 0 Å². The van der Waals surface area contributed by atoms with Gasteiger partial charge in [0.1, 0.15) is 12.3 Å². The van der Waals surface area contributed by atoms with Crippen LogP contribution in [0.3, 0.4) is 0 Å². The van der Waals surface area contributed by atoms with Crippen LogP contribution in [-0.2, 0) is 24.4 Å². The predicted molar refractivity (Wildman–Crippen MR) is 159 cm³/mol. The van der Waals surface area contributed by atoms with Gasteiger partial charge in [-0.05, 0) is 66.1 Å². The summed E-state index contributed by atoms with van der Waals surface area (Å²) in [6.45, 7) is 4.11. The molecule has 0 aliphatic carbocycles. The molecule has 0 N–H and O–H groups in total. The molecule has 208 valence electrons. The van der Waals surface area contributed by atoms with Gasteiger partial charge in [0.2, 0.25) is 5.91 Å². The minimum atomic E-state index is -0.167. The van der Waals surface area contributed by atoms with Crippen LogP contribution in [0.1, 0.15) is 46.9 Å². The van der Waals surface area contributed by atoms with Crippen LogP contribution < -0.4 is 4.74 Å². The third-order valence-electron chi connectivity index (χ3n) is 6.82. The molecule has 2 amide bonds. The molecule has 1 aromatic heterocycles. The van der Waals surface area contributed by atoms with Gasteiger partial charge in [0, 0.05) is 42.1 Å². The van der Waals surface area contributed by atoms with Crippen molar-refractivity contribution < 1.29 is 14.3 Å². The molecule has 4 aromatic rings. The maximum absolute atomic E-state index is 13.9. The van der Waals surface area contributed by atoms with Gasteiger partial charge in [-0.3, -0.25) is 9.59 Å². The van der Waals surface area contributed by atoms with Crippen molar-refractivity contribution in [2.45, 2.75) is 39.4 Å². The highest BCUT2D eigenvalue weighted by Gasteiger charge is 2.23. The molecule has 40 heavy (non-hydrogen) atoms. The van der Waals surface area contributed by atoms with Gasteiger partial charge >= 0.3 is 0 Å². The van der Waals surface area contributed by atoms with Crippen LogP contribution in [0, 0.1) is 0 Å². The Labute approximate surface area is 241 Å². The highest BCUT2D eigenvalue weighted by Crippen LogP contribution is 2.18. The van der Waals surface area contributed by atoms with Crippen molar-refractivity contribution in [1.29, 1.82) is 0 Å². The molecule has 0 radical (unpaired) electrons. The molecular formula is C33H36ClN3O3. The second-order valence-electron chi connectivity index (χ2n) is 9.80. The molecule has 0 saturated heterocycles. The van der Waals surface area contributed by atoms with E-state index in [1.165, 1.54) is 0 Å². The summed E-state index contributed by atoms with van der Waals surface area (Å²) in [6, 6.07) is 28.8. The molecule has 0 aliphatic rings. The van der Waals surface area contributed by atoms with Gasteiger partial charge in [-0.25, -0.2) is 0 Å². The number of nitrogens with zero attached hydrogens (tertiary/aromatic N) is 3. The maximum Gasteiger partial charge on any atom is 0.254 e. The monoisotopic (exact) mass is 557 g/mol. The van der Waals surface area contributed by atoms with Crippen molar-refractivity contribution in [3.05, 3.63) is 125 Å². The van der Waals surface area contributed by atoms with Gasteiger partial charge < -0.3 is 19.1 Å². The van der Waals surface area contributed by atoms with Crippen LogP contribution in [0.4, 0.5) is 0 Å². The standard InChI is InChI=1S/C33H36ClN3O3/c1-3-4-19-36(33(39)28-15-17-29(34)18-16-28)25-32(38)37(22-26-10-6-5-7-11-26)24-30-13-9-20-35(30)23-27-12-8-14-31(21-27)40-2/h5-18,20-21H,3-4,19,22-25H2,1-2H3. The maximum atomic E-state index is 13.9. The first-order valence-electron chi connectivity index (χ1n) is 13.6. The molecule has 0 aliphatic heterocycles. The molecule has 0 fully saturated rings. The molecule has 0 bridgehead atoms. The molecule has 7 heteroatoms. The second-order valence-corrected chi connectivity index (χ2v) is 10.2. The SMILES string of the molecule is CCCCN(CC(=O)N(Cc1ccccc1)Cc1cccn1Cc1cccc(OC)c1)C(=O)c1ccc(Cl)cc1. The molecule has 0 atom stereocenters. The fourth-order valence-corrected chi connectivity index (χ4v) is 4.71. The van der Waals surface area contributed by atoms with Crippen LogP contribution in [0.15, 0.2) is 97.2 Å². The number of hydrogen-bond acceptors (Lipinski definition) is 3. The predicted octanol–water partition coefficient (Wildman–Crippen LogP) is 6.67. The number of rotatable bonds is 13. The Bertz CT molecular complexity index is 1390. The number of benzene rings is 3. The average molecular weight is 558 g/mol. The number of halogens is 1. The Morgan fingerprint density at radius 3 is 2.33 bits per heavy atom. The first kappa shape index (κ1) is 29.0. The second kappa shape index (κ2) is 14.4. The number of aromatic nitrogens is 1. The smallest absolute Gasteiger partial charge is 0.254 e. The van der Waals surface area contributed by atoms with Crippen molar-refractivity contribution in [3.63, 3.8) is 0 Å². The average Bonchev–Trinajstić information content (AvgIpc) is 3.41. The Balaban J connectivity index is 1.56. The molecule has 0 spiro atoms. The molecular weight excluding hydrogens is 522 g/mol. The van der Waals surface area contributed by atoms with E-state index < -0.39 is 0 Å². The van der Waals surface area contributed by atoms with E-state index in [1.54, 1.807) is 36.3 Å². The van der Waals surface area contributed by atoms with E-state index in [9.17, 15) is 9.59 Å². The quantitative estimate of drug-likeness (QED) is 0.184. The Morgan fingerprint density at radius 1 is 0.850 bits per heavy atom. The summed E-state index contributed by atoms with van der Waals surface area (Å²) in [5, 5.41) is 0.568. The van der Waals surface area contributed by atoms with E-state index in [0.29, 0.717) is 36.8 Å². The third kappa shape index (κ3) is 7.99. The largest absolute Gasteiger partial charge is 0.497 e. The van der Waals surface area contributed by atoms with E-state index in [0.717, 1.165) is 35.4 Å². The summed E-state index contributed by atoms with van der Waals surface area (Å²) < 4.78 is 7.53. The summed E-state index contributed by atoms with van der Waals surface area (Å²) in [5.41, 5.74) is 3.68. The van der Waals surface area contributed by atoms with Crippen molar-refractivity contribution in [3.8, 4) is 5.75 Å². The van der Waals surface area contributed by atoms with Gasteiger partial charge in [0.25, 0.3) is 5.91 Å². The van der Waals surface area contributed by atoms with Gasteiger partial charge in [-0.2, -0.15) is 0 Å². The fraction of sp³-hybridized carbons (Fsp3) is 0.273. The normalized spacial score (nSPS) is 10.8. The van der Waals surface area contributed by atoms with Crippen molar-refractivity contribution in [1.82, 2.24) is 14.4 Å². The van der Waals surface area contributed by atoms with Gasteiger partial charge in [0.15, 0.2) is 0 Å². The fourth-order valence-electron chi connectivity index (χ4n) is 4.59. The lowest BCUT2D eigenvalue weighted by Crippen LogP contribution is -2.43. The molecule has 1 heterocycles. The summed E-state index contributed by atoms with van der Waals surface area (Å²) >= 11 is 6.04. The lowest BCUT2D eigenvalue weighted by molar-refractivity contribution is -0.133. The van der Waals surface area contributed by atoms with Crippen LogP contribution in [0.25, 0.3) is 0 Å². The summed E-state index contributed by atoms with van der Waals surface area (Å²) in [5.74, 6) is 0.542. The van der Waals surface area contributed by atoms with Crippen molar-refractivity contribution in [2.75, 3.05) is 20.2 Å². The number of ether oxygens (including phenoxy) is 1. The van der Waals surface area contributed by atoms with E-state index >= 15 is 0 Å². The number of unbranched alkanes of at least 4 members (excludes halogenated alkanes) is 1. The minimum absolute atomic E-state index is 0.00485. The first-order valence-corrected chi connectivity index (χ1v) is 14.0. The highest BCUT2D eigenvalue weighted by molar-refractivity contribution is 6.30. The number of amides is 2. The molecule has 4 rings (SSSR count). The Morgan fingerprint density at radius 2 is 1.60 bits per heavy atom. The number of carbonyl (C=O) groups excluding carboxylic acids is 2. The van der Waals surface area contributed by atoms with Crippen LogP contribution in [0.5, 0.6) is 5.75 Å². The highest BCUT2D eigenvalue weighted by atomic mass is 35.5. The number of methoxy groups -OCH3 is 1. The van der Waals surface area contributed by atoms with Crippen LogP contribution in [0.2, 0.25) is 5.02 Å². The van der Waals surface area contributed by atoms with E-state index in [4.69, 9.17) is 16.3 Å². The number of carbonyl (C=O) groups is 2. The van der Waals surface area contributed by atoms with Gasteiger partial charge in [0.05, 0.1) is 13.7 Å². The lowest BCUT2D eigenvalue weighted by Gasteiger charge is -2.28. The topological polar surface area (TPSA) is 54.8 Å². The van der Waals surface area contributed by atoms with Gasteiger partial charge in [-0.15, -0.1) is 0 Å². The molecule has 0 saturated carbocycles. The Kier molecular flexibility index (Phi) is 10.4. The summed E-state index contributed by atoms with van der Waals surface area (Å²) in [7, 11) is 1.66. The zero-order chi connectivity index (χ0) is 28.3. The molecule has 3 aromatic carbocycles. The first-order chi connectivity index (χ1) is 19.5. The zero-order valence-electron chi connectivity index (χ0n) is 23.1.